The fraction of sp³-hybridized carbons (Fsp3) is 0.462. The van der Waals surface area contributed by atoms with E-state index in [1.54, 1.807) is 12.4 Å². The zero-order valence-corrected chi connectivity index (χ0v) is 13.0. The summed E-state index contributed by atoms with van der Waals surface area (Å²) in [6.07, 6.45) is 4.67. The Kier molecular flexibility index (Phi) is 4.19. The molecule has 1 aliphatic rings. The molecule has 0 unspecified atom stereocenters. The van der Waals surface area contributed by atoms with Gasteiger partial charge in [-0.25, -0.2) is 8.42 Å². The second kappa shape index (κ2) is 6.11. The molecule has 1 aliphatic heterocycles. The average Bonchev–Trinajstić information content (AvgIpc) is 2.90. The molecule has 0 saturated heterocycles. The Morgan fingerprint density at radius 2 is 2.14 bits per heavy atom. The molecule has 0 spiro atoms. The van der Waals surface area contributed by atoms with Gasteiger partial charge in [0.05, 0.1) is 19.4 Å². The van der Waals surface area contributed by atoms with Crippen LogP contribution in [0.15, 0.2) is 24.5 Å². The minimum Gasteiger partial charge on any atom is -0.369 e. The molecule has 0 amide bonds. The van der Waals surface area contributed by atoms with Gasteiger partial charge in [0.15, 0.2) is 5.82 Å². The quantitative estimate of drug-likeness (QED) is 0.779. The monoisotopic (exact) mass is 323 g/mol. The van der Waals surface area contributed by atoms with Crippen LogP contribution in [-0.2, 0) is 41.1 Å². The fourth-order valence-electron chi connectivity index (χ4n) is 2.33. The van der Waals surface area contributed by atoms with E-state index in [2.05, 4.69) is 15.2 Å². The molecule has 0 saturated carbocycles. The number of hydrogen-bond acceptors (Lipinski definition) is 6. The summed E-state index contributed by atoms with van der Waals surface area (Å²) >= 11 is 0. The van der Waals surface area contributed by atoms with E-state index in [9.17, 15) is 8.42 Å². The standard InChI is InChI=1S/C13H17N5O3S/c1-22(19,20)17-5-6-18-12(8-17)15-16-13(18)10-21-9-11-3-2-4-14-7-11/h2-4,7H,5-6,8-10H2,1H3. The minimum atomic E-state index is -3.20. The smallest absolute Gasteiger partial charge is 0.211 e. The summed E-state index contributed by atoms with van der Waals surface area (Å²) in [5, 5.41) is 8.16. The van der Waals surface area contributed by atoms with Crippen molar-refractivity contribution in [3.63, 3.8) is 0 Å². The number of ether oxygens (including phenoxy) is 1. The molecule has 0 N–H and O–H groups in total. The summed E-state index contributed by atoms with van der Waals surface area (Å²) in [5.41, 5.74) is 0.990. The number of fused-ring (bicyclic) bond motifs is 1. The highest BCUT2D eigenvalue weighted by molar-refractivity contribution is 7.88. The molecule has 0 aliphatic carbocycles. The van der Waals surface area contributed by atoms with E-state index >= 15 is 0 Å². The Morgan fingerprint density at radius 3 is 2.86 bits per heavy atom. The molecule has 22 heavy (non-hydrogen) atoms. The Hall–Kier alpha value is -1.84. The highest BCUT2D eigenvalue weighted by Gasteiger charge is 2.26. The lowest BCUT2D eigenvalue weighted by Gasteiger charge is -2.25. The molecule has 0 radical (unpaired) electrons. The average molecular weight is 323 g/mol. The third-order valence-electron chi connectivity index (χ3n) is 3.49. The first kappa shape index (κ1) is 15.1. The molecule has 0 atom stereocenters. The van der Waals surface area contributed by atoms with E-state index < -0.39 is 10.0 Å². The van der Waals surface area contributed by atoms with Crippen molar-refractivity contribution >= 4 is 10.0 Å². The minimum absolute atomic E-state index is 0.258. The molecule has 0 aromatic carbocycles. The molecule has 8 nitrogen and oxygen atoms in total. The summed E-state index contributed by atoms with van der Waals surface area (Å²) in [4.78, 5) is 4.03. The summed E-state index contributed by atoms with van der Waals surface area (Å²) in [7, 11) is -3.20. The third kappa shape index (κ3) is 3.32. The van der Waals surface area contributed by atoms with Crippen LogP contribution < -0.4 is 0 Å². The molecule has 3 rings (SSSR count). The van der Waals surface area contributed by atoms with Crippen molar-refractivity contribution < 1.29 is 13.2 Å². The van der Waals surface area contributed by atoms with Gasteiger partial charge in [0.25, 0.3) is 0 Å². The Bertz CT molecular complexity index is 744. The largest absolute Gasteiger partial charge is 0.369 e. The molecule has 0 fully saturated rings. The second-order valence-corrected chi connectivity index (χ2v) is 7.12. The molecule has 2 aromatic heterocycles. The third-order valence-corrected chi connectivity index (χ3v) is 4.74. The number of hydrogen-bond donors (Lipinski definition) is 0. The highest BCUT2D eigenvalue weighted by atomic mass is 32.2. The first-order valence-corrected chi connectivity index (χ1v) is 8.71. The molecule has 3 heterocycles. The van der Waals surface area contributed by atoms with E-state index in [1.165, 1.54) is 10.6 Å². The van der Waals surface area contributed by atoms with E-state index in [0.717, 1.165) is 5.56 Å². The van der Waals surface area contributed by atoms with E-state index in [-0.39, 0.29) is 6.54 Å². The van der Waals surface area contributed by atoms with Crippen LogP contribution in [0.2, 0.25) is 0 Å². The lowest BCUT2D eigenvalue weighted by atomic mass is 10.3. The molecule has 118 valence electrons. The van der Waals surface area contributed by atoms with Gasteiger partial charge in [0, 0.05) is 25.5 Å². The predicted molar refractivity (Wildman–Crippen MR) is 78.0 cm³/mol. The van der Waals surface area contributed by atoms with Crippen LogP contribution in [0, 0.1) is 0 Å². The van der Waals surface area contributed by atoms with Crippen LogP contribution in [-0.4, -0.2) is 45.3 Å². The number of nitrogens with zero attached hydrogens (tertiary/aromatic N) is 5. The van der Waals surface area contributed by atoms with Gasteiger partial charge in [-0.15, -0.1) is 10.2 Å². The summed E-state index contributed by atoms with van der Waals surface area (Å²) in [5.74, 6) is 1.36. The van der Waals surface area contributed by atoms with Crippen LogP contribution in [0.25, 0.3) is 0 Å². The first-order chi connectivity index (χ1) is 10.5. The van der Waals surface area contributed by atoms with Crippen molar-refractivity contribution in [2.75, 3.05) is 12.8 Å². The topological polar surface area (TPSA) is 90.2 Å². The molecule has 0 bridgehead atoms. The van der Waals surface area contributed by atoms with Gasteiger partial charge < -0.3 is 9.30 Å². The van der Waals surface area contributed by atoms with E-state index in [0.29, 0.717) is 38.0 Å². The zero-order chi connectivity index (χ0) is 15.6. The van der Waals surface area contributed by atoms with Gasteiger partial charge in [-0.2, -0.15) is 4.31 Å². The van der Waals surface area contributed by atoms with Gasteiger partial charge >= 0.3 is 0 Å². The van der Waals surface area contributed by atoms with Crippen molar-refractivity contribution in [1.82, 2.24) is 24.1 Å². The number of sulfonamides is 1. The van der Waals surface area contributed by atoms with Crippen molar-refractivity contribution in [1.29, 1.82) is 0 Å². The molecule has 9 heteroatoms. The van der Waals surface area contributed by atoms with Crippen LogP contribution in [0.4, 0.5) is 0 Å². The lowest BCUT2D eigenvalue weighted by Crippen LogP contribution is -2.38. The second-order valence-electron chi connectivity index (χ2n) is 5.13. The summed E-state index contributed by atoms with van der Waals surface area (Å²) in [6.45, 7) is 2.02. The van der Waals surface area contributed by atoms with Crippen LogP contribution in [0.5, 0.6) is 0 Å². The highest BCUT2D eigenvalue weighted by Crippen LogP contribution is 2.15. The maximum Gasteiger partial charge on any atom is 0.211 e. The number of pyridine rings is 1. The zero-order valence-electron chi connectivity index (χ0n) is 12.2. The molecule has 2 aromatic rings. The fourth-order valence-corrected chi connectivity index (χ4v) is 3.09. The maximum absolute atomic E-state index is 11.6. The number of rotatable bonds is 5. The van der Waals surface area contributed by atoms with Crippen molar-refractivity contribution in [3.05, 3.63) is 41.7 Å². The maximum atomic E-state index is 11.6. The van der Waals surface area contributed by atoms with E-state index in [4.69, 9.17) is 4.74 Å². The van der Waals surface area contributed by atoms with Crippen molar-refractivity contribution in [3.8, 4) is 0 Å². The Labute approximate surface area is 128 Å². The summed E-state index contributed by atoms with van der Waals surface area (Å²) < 4.78 is 32.1. The molecular weight excluding hydrogens is 306 g/mol. The lowest BCUT2D eigenvalue weighted by molar-refractivity contribution is 0.0979. The van der Waals surface area contributed by atoms with Crippen molar-refractivity contribution in [2.24, 2.45) is 0 Å². The summed E-state index contributed by atoms with van der Waals surface area (Å²) in [6, 6.07) is 3.80. The van der Waals surface area contributed by atoms with Crippen LogP contribution in [0.1, 0.15) is 17.2 Å². The van der Waals surface area contributed by atoms with Gasteiger partial charge in [-0.05, 0) is 11.6 Å². The van der Waals surface area contributed by atoms with Crippen LogP contribution in [0.3, 0.4) is 0 Å². The van der Waals surface area contributed by atoms with Gasteiger partial charge in [-0.3, -0.25) is 4.98 Å². The predicted octanol–water partition coefficient (Wildman–Crippen LogP) is 0.165. The van der Waals surface area contributed by atoms with Crippen molar-refractivity contribution in [2.45, 2.75) is 26.3 Å². The normalized spacial score (nSPS) is 15.7. The van der Waals surface area contributed by atoms with E-state index in [1.807, 2.05) is 16.7 Å². The Balaban J connectivity index is 1.62. The van der Waals surface area contributed by atoms with Gasteiger partial charge in [0.2, 0.25) is 10.0 Å². The first-order valence-electron chi connectivity index (χ1n) is 6.87. The van der Waals surface area contributed by atoms with Gasteiger partial charge in [-0.1, -0.05) is 6.07 Å². The van der Waals surface area contributed by atoms with Crippen LogP contribution >= 0.6 is 0 Å². The Morgan fingerprint density at radius 1 is 1.27 bits per heavy atom. The number of aromatic nitrogens is 4. The SMILES string of the molecule is CS(=O)(=O)N1CCn2c(COCc3cccnc3)nnc2C1. The van der Waals surface area contributed by atoms with Gasteiger partial charge in [0.1, 0.15) is 12.4 Å². The molecular formula is C13H17N5O3S.